The van der Waals surface area contributed by atoms with Gasteiger partial charge in [0.25, 0.3) is 11.8 Å². The molecule has 6 nitrogen and oxygen atoms in total. The third-order valence-corrected chi connectivity index (χ3v) is 10.5. The van der Waals surface area contributed by atoms with E-state index in [1.807, 2.05) is 85.8 Å². The first-order valence-corrected chi connectivity index (χ1v) is 15.7. The molecule has 44 heavy (non-hydrogen) atoms. The molecule has 4 saturated carbocycles. The Morgan fingerprint density at radius 2 is 1.34 bits per heavy atom. The van der Waals surface area contributed by atoms with E-state index in [0.717, 1.165) is 50.9 Å². The minimum Gasteiger partial charge on any atom is -0.313 e. The maximum Gasteiger partial charge on any atom is 0.335 e. The summed E-state index contributed by atoms with van der Waals surface area (Å²) < 4.78 is 2.12. The van der Waals surface area contributed by atoms with E-state index in [4.69, 9.17) is 0 Å². The number of imide groups is 2. The number of carbonyl (C=O) groups excluding carboxylic acids is 3. The van der Waals surface area contributed by atoms with Crippen LogP contribution in [0.5, 0.6) is 0 Å². The predicted molar refractivity (Wildman–Crippen MR) is 171 cm³/mol. The highest BCUT2D eigenvalue weighted by molar-refractivity contribution is 6.39. The molecule has 0 unspecified atom stereocenters. The van der Waals surface area contributed by atoms with Crippen LogP contribution in [0.3, 0.4) is 0 Å². The standard InChI is InChI=1S/C38H35N3O3/c1-24-16-29(34(28-8-4-2-5-9-28)40(24)31-10-6-3-7-11-31)20-33-35(42)39-37(44)41(36(33)43)32-14-12-30(13-15-32)38-21-25-17-26(22-38)19-27(18-25)23-38/h2-16,20,25-27H,17-19,21-23H2,1H3,(H,39,42,44)/b33-20+. The fourth-order valence-electron chi connectivity index (χ4n) is 9.05. The average Bonchev–Trinajstić information content (AvgIpc) is 3.35. The van der Waals surface area contributed by atoms with Crippen molar-refractivity contribution in [3.8, 4) is 16.9 Å². The monoisotopic (exact) mass is 581 g/mol. The van der Waals surface area contributed by atoms with Crippen molar-refractivity contribution in [2.75, 3.05) is 4.90 Å². The predicted octanol–water partition coefficient (Wildman–Crippen LogP) is 7.59. The number of aryl methyl sites for hydroxylation is 1. The van der Waals surface area contributed by atoms with Gasteiger partial charge < -0.3 is 4.57 Å². The molecule has 4 aliphatic carbocycles. The molecule has 1 saturated heterocycles. The summed E-state index contributed by atoms with van der Waals surface area (Å²) in [7, 11) is 0. The molecule has 9 rings (SSSR count). The lowest BCUT2D eigenvalue weighted by molar-refractivity contribution is -0.122. The number of nitrogens with one attached hydrogen (secondary N) is 1. The Hall–Kier alpha value is -4.71. The van der Waals surface area contributed by atoms with Crippen LogP contribution in [-0.2, 0) is 15.0 Å². The second-order valence-electron chi connectivity index (χ2n) is 13.3. The van der Waals surface area contributed by atoms with Crippen LogP contribution in [-0.4, -0.2) is 22.4 Å². The smallest absolute Gasteiger partial charge is 0.313 e. The van der Waals surface area contributed by atoms with E-state index in [-0.39, 0.29) is 11.0 Å². The molecular formula is C38H35N3O3. The van der Waals surface area contributed by atoms with Gasteiger partial charge in [0.2, 0.25) is 0 Å². The van der Waals surface area contributed by atoms with E-state index in [1.165, 1.54) is 44.1 Å². The molecule has 1 aromatic heterocycles. The van der Waals surface area contributed by atoms with Crippen molar-refractivity contribution >= 4 is 29.6 Å². The summed E-state index contributed by atoms with van der Waals surface area (Å²) in [5, 5.41) is 2.42. The number of amides is 4. The largest absolute Gasteiger partial charge is 0.335 e. The average molecular weight is 582 g/mol. The molecule has 0 spiro atoms. The Kier molecular flexibility index (Phi) is 6.23. The number of hydrogen-bond acceptors (Lipinski definition) is 3. The first-order chi connectivity index (χ1) is 21.4. The number of nitrogens with zero attached hydrogens (tertiary/aromatic N) is 2. The molecule has 4 aromatic rings. The van der Waals surface area contributed by atoms with Gasteiger partial charge in [0.15, 0.2) is 0 Å². The SMILES string of the molecule is Cc1cc(/C=C2\C(=O)NC(=O)N(c3ccc(C45CC6CC(CC(C6)C4)C5)cc3)C2=O)c(-c2ccccc2)n1-c1ccccc1. The lowest BCUT2D eigenvalue weighted by Gasteiger charge is -2.57. The van der Waals surface area contributed by atoms with Crippen molar-refractivity contribution < 1.29 is 14.4 Å². The number of hydrogen-bond donors (Lipinski definition) is 1. The number of barbiturate groups is 1. The maximum absolute atomic E-state index is 13.9. The molecule has 5 fully saturated rings. The number of urea groups is 1. The van der Waals surface area contributed by atoms with Gasteiger partial charge >= 0.3 is 6.03 Å². The Morgan fingerprint density at radius 1 is 0.750 bits per heavy atom. The van der Waals surface area contributed by atoms with Crippen LogP contribution in [0.4, 0.5) is 10.5 Å². The maximum atomic E-state index is 13.9. The van der Waals surface area contributed by atoms with E-state index in [0.29, 0.717) is 5.69 Å². The molecule has 4 bridgehead atoms. The molecule has 2 heterocycles. The van der Waals surface area contributed by atoms with Gasteiger partial charge in [0.05, 0.1) is 11.4 Å². The number of carbonyl (C=O) groups is 3. The summed E-state index contributed by atoms with van der Waals surface area (Å²) in [5.74, 6) is 1.18. The highest BCUT2D eigenvalue weighted by Crippen LogP contribution is 2.60. The summed E-state index contributed by atoms with van der Waals surface area (Å²) >= 11 is 0. The van der Waals surface area contributed by atoms with Crippen LogP contribution in [0, 0.1) is 24.7 Å². The van der Waals surface area contributed by atoms with Crippen molar-refractivity contribution in [1.29, 1.82) is 0 Å². The van der Waals surface area contributed by atoms with E-state index >= 15 is 0 Å². The first kappa shape index (κ1) is 26.9. The van der Waals surface area contributed by atoms with E-state index in [1.54, 1.807) is 6.08 Å². The minimum atomic E-state index is -0.721. The van der Waals surface area contributed by atoms with Crippen LogP contribution in [0.2, 0.25) is 0 Å². The summed E-state index contributed by atoms with van der Waals surface area (Å²) in [6, 6.07) is 29.2. The van der Waals surface area contributed by atoms with Crippen LogP contribution < -0.4 is 10.2 Å². The third-order valence-electron chi connectivity index (χ3n) is 10.5. The second-order valence-corrected chi connectivity index (χ2v) is 13.3. The van der Waals surface area contributed by atoms with Gasteiger partial charge in [-0.1, -0.05) is 60.7 Å². The van der Waals surface area contributed by atoms with Gasteiger partial charge in [-0.2, -0.15) is 0 Å². The van der Waals surface area contributed by atoms with Gasteiger partial charge in [-0.05, 0) is 116 Å². The Morgan fingerprint density at radius 3 is 1.95 bits per heavy atom. The van der Waals surface area contributed by atoms with E-state index < -0.39 is 17.8 Å². The van der Waals surface area contributed by atoms with Crippen molar-refractivity contribution in [1.82, 2.24) is 9.88 Å². The van der Waals surface area contributed by atoms with Gasteiger partial charge in [-0.25, -0.2) is 9.69 Å². The molecule has 0 radical (unpaired) electrons. The van der Waals surface area contributed by atoms with Gasteiger partial charge in [0.1, 0.15) is 5.57 Å². The highest BCUT2D eigenvalue weighted by atomic mass is 16.2. The number of anilines is 1. The number of para-hydroxylation sites is 1. The summed E-state index contributed by atoms with van der Waals surface area (Å²) in [4.78, 5) is 41.3. The molecule has 4 amide bonds. The molecule has 220 valence electrons. The number of benzene rings is 3. The normalized spacial score (nSPS) is 26.8. The van der Waals surface area contributed by atoms with Gasteiger partial charge in [-0.15, -0.1) is 0 Å². The first-order valence-electron chi connectivity index (χ1n) is 15.7. The second kappa shape index (κ2) is 10.2. The van der Waals surface area contributed by atoms with Gasteiger partial charge in [-0.3, -0.25) is 14.9 Å². The fraction of sp³-hybridized carbons (Fsp3) is 0.289. The highest BCUT2D eigenvalue weighted by Gasteiger charge is 2.51. The quantitative estimate of drug-likeness (QED) is 0.195. The molecule has 1 aliphatic heterocycles. The van der Waals surface area contributed by atoms with Gasteiger partial charge in [0, 0.05) is 16.9 Å². The number of aromatic nitrogens is 1. The van der Waals surface area contributed by atoms with Crippen molar-refractivity contribution in [2.24, 2.45) is 17.8 Å². The van der Waals surface area contributed by atoms with E-state index in [2.05, 4.69) is 22.0 Å². The minimum absolute atomic E-state index is 0.0721. The summed E-state index contributed by atoms with van der Waals surface area (Å²) in [6.07, 6.45) is 9.49. The lowest BCUT2D eigenvalue weighted by atomic mass is 9.48. The molecule has 5 aliphatic rings. The van der Waals surface area contributed by atoms with Crippen LogP contribution in [0.25, 0.3) is 23.0 Å². The summed E-state index contributed by atoms with van der Waals surface area (Å²) in [6.45, 7) is 2.01. The molecule has 3 aromatic carbocycles. The van der Waals surface area contributed by atoms with Crippen molar-refractivity contribution in [3.05, 3.63) is 113 Å². The topological polar surface area (TPSA) is 71.4 Å². The Balaban J connectivity index is 1.16. The molecule has 6 heteroatoms. The Bertz CT molecular complexity index is 1780. The van der Waals surface area contributed by atoms with Crippen LogP contribution in [0.15, 0.2) is 96.6 Å². The molecule has 1 N–H and O–H groups in total. The van der Waals surface area contributed by atoms with Crippen LogP contribution >= 0.6 is 0 Å². The van der Waals surface area contributed by atoms with E-state index in [9.17, 15) is 14.4 Å². The Labute approximate surface area is 257 Å². The van der Waals surface area contributed by atoms with Crippen molar-refractivity contribution in [3.63, 3.8) is 0 Å². The van der Waals surface area contributed by atoms with Crippen LogP contribution in [0.1, 0.15) is 55.3 Å². The molecule has 0 atom stereocenters. The molecular weight excluding hydrogens is 546 g/mol. The number of rotatable bonds is 5. The fourth-order valence-corrected chi connectivity index (χ4v) is 9.05. The zero-order chi connectivity index (χ0) is 30.0. The zero-order valence-corrected chi connectivity index (χ0v) is 24.8. The van der Waals surface area contributed by atoms with Crippen molar-refractivity contribution in [2.45, 2.75) is 50.9 Å². The zero-order valence-electron chi connectivity index (χ0n) is 24.8. The third kappa shape index (κ3) is 4.35. The summed E-state index contributed by atoms with van der Waals surface area (Å²) in [5.41, 5.74) is 6.42. The lowest BCUT2D eigenvalue weighted by Crippen LogP contribution is -2.54.